The first kappa shape index (κ1) is 7.50. The van der Waals surface area contributed by atoms with Gasteiger partial charge in [0, 0.05) is 0 Å². The minimum absolute atomic E-state index is 0.0486. The summed E-state index contributed by atoms with van der Waals surface area (Å²) in [5.74, 6) is -0.104. The van der Waals surface area contributed by atoms with E-state index in [2.05, 4.69) is 6.58 Å². The van der Waals surface area contributed by atoms with E-state index < -0.39 is 6.10 Å². The molecule has 0 spiro atoms. The number of aliphatic hydroxyl groups is 2. The molecule has 2 heteroatoms. The summed E-state index contributed by atoms with van der Waals surface area (Å²) < 4.78 is 0. The first-order valence-electron chi connectivity index (χ1n) is 2.61. The Bertz CT molecular complexity index is 86.5. The molecule has 2 nitrogen and oxygen atoms in total. The van der Waals surface area contributed by atoms with E-state index in [1.165, 1.54) is 0 Å². The fourth-order valence-electron chi connectivity index (χ4n) is 0.385. The summed E-state index contributed by atoms with van der Waals surface area (Å²) in [7, 11) is 0. The van der Waals surface area contributed by atoms with E-state index in [1.807, 2.05) is 13.8 Å². The average molecular weight is 116 g/mol. The number of hydrogen-bond donors (Lipinski definition) is 2. The van der Waals surface area contributed by atoms with Gasteiger partial charge in [0.2, 0.25) is 0 Å². The minimum Gasteiger partial charge on any atom is -0.510 e. The van der Waals surface area contributed by atoms with E-state index in [9.17, 15) is 0 Å². The topological polar surface area (TPSA) is 40.5 Å². The zero-order valence-corrected chi connectivity index (χ0v) is 5.26. The molecule has 1 unspecified atom stereocenters. The second-order valence-electron chi connectivity index (χ2n) is 2.18. The Balaban J connectivity index is 3.64. The predicted octanol–water partition coefficient (Wildman–Crippen LogP) is 1.07. The van der Waals surface area contributed by atoms with Crippen LogP contribution in [-0.2, 0) is 0 Å². The van der Waals surface area contributed by atoms with Gasteiger partial charge in [-0.3, -0.25) is 0 Å². The zero-order valence-electron chi connectivity index (χ0n) is 5.26. The van der Waals surface area contributed by atoms with Crippen LogP contribution in [0.2, 0.25) is 0 Å². The maximum absolute atomic E-state index is 8.85. The van der Waals surface area contributed by atoms with Crippen LogP contribution in [-0.4, -0.2) is 16.3 Å². The Morgan fingerprint density at radius 3 is 1.88 bits per heavy atom. The smallest absolute Gasteiger partial charge is 0.114 e. The van der Waals surface area contributed by atoms with Gasteiger partial charge >= 0.3 is 0 Å². The van der Waals surface area contributed by atoms with Crippen molar-refractivity contribution in [1.82, 2.24) is 0 Å². The third-order valence-electron chi connectivity index (χ3n) is 0.973. The Hall–Kier alpha value is -0.500. The van der Waals surface area contributed by atoms with Gasteiger partial charge in [-0.2, -0.15) is 0 Å². The molecular formula is C6H12O2. The van der Waals surface area contributed by atoms with Crippen molar-refractivity contribution < 1.29 is 10.2 Å². The predicted molar refractivity (Wildman–Crippen MR) is 32.6 cm³/mol. The highest BCUT2D eigenvalue weighted by Crippen LogP contribution is 2.05. The molecular weight excluding hydrogens is 104 g/mol. The standard InChI is InChI=1S/C6H12O2/c1-4(2)6(8)5(3)7/h4,6-8H,3H2,1-2H3. The van der Waals surface area contributed by atoms with Gasteiger partial charge in [-0.15, -0.1) is 0 Å². The molecule has 1 atom stereocenters. The molecule has 0 aromatic carbocycles. The monoisotopic (exact) mass is 116 g/mol. The Morgan fingerprint density at radius 2 is 1.88 bits per heavy atom. The Kier molecular flexibility index (Phi) is 2.55. The zero-order chi connectivity index (χ0) is 6.73. The molecule has 0 rings (SSSR count). The van der Waals surface area contributed by atoms with Crippen molar-refractivity contribution in [2.75, 3.05) is 0 Å². The van der Waals surface area contributed by atoms with E-state index >= 15 is 0 Å². The van der Waals surface area contributed by atoms with Crippen molar-refractivity contribution in [2.45, 2.75) is 20.0 Å². The molecule has 0 aromatic heterocycles. The average Bonchev–Trinajstić information content (AvgIpc) is 1.64. The van der Waals surface area contributed by atoms with E-state index in [4.69, 9.17) is 10.2 Å². The molecule has 8 heavy (non-hydrogen) atoms. The van der Waals surface area contributed by atoms with Crippen LogP contribution in [0, 0.1) is 5.92 Å². The summed E-state index contributed by atoms with van der Waals surface area (Å²) in [5, 5.41) is 17.4. The normalized spacial score (nSPS) is 14.0. The molecule has 0 fully saturated rings. The van der Waals surface area contributed by atoms with E-state index in [0.29, 0.717) is 0 Å². The molecule has 0 saturated carbocycles. The summed E-state index contributed by atoms with van der Waals surface area (Å²) in [6.07, 6.45) is -0.769. The van der Waals surface area contributed by atoms with Gasteiger partial charge in [0.05, 0.1) is 0 Å². The minimum atomic E-state index is -0.769. The van der Waals surface area contributed by atoms with Gasteiger partial charge in [0.1, 0.15) is 11.9 Å². The van der Waals surface area contributed by atoms with Gasteiger partial charge in [0.15, 0.2) is 0 Å². The van der Waals surface area contributed by atoms with Crippen LogP contribution in [0.15, 0.2) is 12.3 Å². The molecule has 0 radical (unpaired) electrons. The van der Waals surface area contributed by atoms with Crippen LogP contribution in [0.25, 0.3) is 0 Å². The highest BCUT2D eigenvalue weighted by Gasteiger charge is 2.10. The van der Waals surface area contributed by atoms with Crippen molar-refractivity contribution >= 4 is 0 Å². The number of rotatable bonds is 2. The van der Waals surface area contributed by atoms with Gasteiger partial charge in [0.25, 0.3) is 0 Å². The SMILES string of the molecule is C=C(O)C(O)C(C)C. The van der Waals surface area contributed by atoms with Crippen LogP contribution in [0.4, 0.5) is 0 Å². The van der Waals surface area contributed by atoms with Gasteiger partial charge in [-0.25, -0.2) is 0 Å². The lowest BCUT2D eigenvalue weighted by Gasteiger charge is -2.11. The lowest BCUT2D eigenvalue weighted by molar-refractivity contribution is 0.112. The van der Waals surface area contributed by atoms with Gasteiger partial charge in [-0.05, 0) is 5.92 Å². The highest BCUT2D eigenvalue weighted by atomic mass is 16.3. The van der Waals surface area contributed by atoms with Crippen molar-refractivity contribution in [3.8, 4) is 0 Å². The van der Waals surface area contributed by atoms with Crippen LogP contribution in [0.1, 0.15) is 13.8 Å². The highest BCUT2D eigenvalue weighted by molar-refractivity contribution is 4.89. The molecule has 0 heterocycles. The van der Waals surface area contributed by atoms with E-state index in [-0.39, 0.29) is 11.7 Å². The molecule has 2 N–H and O–H groups in total. The van der Waals surface area contributed by atoms with Crippen LogP contribution in [0.5, 0.6) is 0 Å². The molecule has 0 aliphatic rings. The van der Waals surface area contributed by atoms with E-state index in [0.717, 1.165) is 0 Å². The van der Waals surface area contributed by atoms with E-state index in [1.54, 1.807) is 0 Å². The summed E-state index contributed by atoms with van der Waals surface area (Å²) in [6, 6.07) is 0. The molecule has 0 aliphatic carbocycles. The summed E-state index contributed by atoms with van der Waals surface area (Å²) in [5.41, 5.74) is 0. The molecule has 0 aliphatic heterocycles. The Labute approximate surface area is 49.5 Å². The fraction of sp³-hybridized carbons (Fsp3) is 0.667. The largest absolute Gasteiger partial charge is 0.510 e. The van der Waals surface area contributed by atoms with Crippen LogP contribution < -0.4 is 0 Å². The third kappa shape index (κ3) is 1.98. The van der Waals surface area contributed by atoms with Gasteiger partial charge in [-0.1, -0.05) is 20.4 Å². The summed E-state index contributed by atoms with van der Waals surface area (Å²) >= 11 is 0. The molecule has 0 aromatic rings. The van der Waals surface area contributed by atoms with Crippen LogP contribution in [0.3, 0.4) is 0 Å². The summed E-state index contributed by atoms with van der Waals surface area (Å²) in [4.78, 5) is 0. The Morgan fingerprint density at radius 1 is 1.50 bits per heavy atom. The van der Waals surface area contributed by atoms with Gasteiger partial charge < -0.3 is 10.2 Å². The number of hydrogen-bond acceptors (Lipinski definition) is 2. The molecule has 48 valence electrons. The third-order valence-corrected chi connectivity index (χ3v) is 0.973. The lowest BCUT2D eigenvalue weighted by Crippen LogP contribution is -2.16. The maximum atomic E-state index is 8.85. The summed E-state index contributed by atoms with van der Waals surface area (Å²) in [6.45, 7) is 6.81. The molecule has 0 saturated heterocycles. The van der Waals surface area contributed by atoms with Crippen LogP contribution >= 0.6 is 0 Å². The first-order chi connectivity index (χ1) is 3.55. The lowest BCUT2D eigenvalue weighted by atomic mass is 10.1. The second kappa shape index (κ2) is 2.72. The van der Waals surface area contributed by atoms with Crippen molar-refractivity contribution in [3.05, 3.63) is 12.3 Å². The number of aliphatic hydroxyl groups excluding tert-OH is 2. The maximum Gasteiger partial charge on any atom is 0.114 e. The second-order valence-corrected chi connectivity index (χ2v) is 2.18. The molecule has 0 bridgehead atoms. The first-order valence-corrected chi connectivity index (χ1v) is 2.61. The van der Waals surface area contributed by atoms with Crippen molar-refractivity contribution in [1.29, 1.82) is 0 Å². The van der Waals surface area contributed by atoms with Crippen molar-refractivity contribution in [3.63, 3.8) is 0 Å². The van der Waals surface area contributed by atoms with Crippen molar-refractivity contribution in [2.24, 2.45) is 5.92 Å². The fourth-order valence-corrected chi connectivity index (χ4v) is 0.385. The molecule has 0 amide bonds. The quantitative estimate of drug-likeness (QED) is 0.530.